The normalized spacial score (nSPS) is 13.0. The van der Waals surface area contributed by atoms with Crippen LogP contribution in [0.25, 0.3) is 11.6 Å². The van der Waals surface area contributed by atoms with Gasteiger partial charge in [0.2, 0.25) is 11.1 Å². The lowest BCUT2D eigenvalue weighted by Crippen LogP contribution is -2.14. The van der Waals surface area contributed by atoms with Crippen molar-refractivity contribution in [1.82, 2.24) is 15.2 Å². The second-order valence-corrected chi connectivity index (χ2v) is 6.56. The van der Waals surface area contributed by atoms with Gasteiger partial charge in [0.1, 0.15) is 0 Å². The molecule has 0 spiro atoms. The van der Waals surface area contributed by atoms with E-state index in [-0.39, 0.29) is 11.7 Å². The Morgan fingerprint density at radius 2 is 2.21 bits per heavy atom. The van der Waals surface area contributed by atoms with Crippen molar-refractivity contribution in [2.45, 2.75) is 24.4 Å². The molecule has 3 aromatic rings. The van der Waals surface area contributed by atoms with Gasteiger partial charge in [0, 0.05) is 5.69 Å². The fraction of sp³-hybridized carbons (Fsp3) is 0.235. The SMILES string of the molecule is O=C(CSc1n[nH]c(-c2ccco2)n1)Nc1ccc2c(c1)CCC2. The summed E-state index contributed by atoms with van der Waals surface area (Å²) in [5.41, 5.74) is 3.60. The molecule has 0 unspecified atom stereocenters. The molecule has 0 radical (unpaired) electrons. The van der Waals surface area contributed by atoms with Crippen LogP contribution >= 0.6 is 11.8 Å². The number of carbonyl (C=O) groups is 1. The van der Waals surface area contributed by atoms with Gasteiger partial charge >= 0.3 is 0 Å². The molecule has 0 atom stereocenters. The predicted octanol–water partition coefficient (Wildman–Crippen LogP) is 3.28. The summed E-state index contributed by atoms with van der Waals surface area (Å²) in [5, 5.41) is 10.3. The van der Waals surface area contributed by atoms with Crippen molar-refractivity contribution in [3.63, 3.8) is 0 Å². The summed E-state index contributed by atoms with van der Waals surface area (Å²) < 4.78 is 5.25. The maximum absolute atomic E-state index is 12.1. The van der Waals surface area contributed by atoms with Gasteiger partial charge in [0.15, 0.2) is 11.6 Å². The van der Waals surface area contributed by atoms with Gasteiger partial charge in [-0.25, -0.2) is 0 Å². The molecular weight excluding hydrogens is 324 g/mol. The third-order valence-electron chi connectivity index (χ3n) is 3.93. The number of carbonyl (C=O) groups excluding carboxylic acids is 1. The van der Waals surface area contributed by atoms with E-state index in [0.717, 1.165) is 18.5 Å². The summed E-state index contributed by atoms with van der Waals surface area (Å²) in [6, 6.07) is 9.74. The summed E-state index contributed by atoms with van der Waals surface area (Å²) in [7, 11) is 0. The van der Waals surface area contributed by atoms with Crippen LogP contribution in [0.5, 0.6) is 0 Å². The lowest BCUT2D eigenvalue weighted by atomic mass is 10.1. The highest BCUT2D eigenvalue weighted by Gasteiger charge is 2.13. The van der Waals surface area contributed by atoms with Crippen molar-refractivity contribution in [2.75, 3.05) is 11.1 Å². The Balaban J connectivity index is 1.33. The summed E-state index contributed by atoms with van der Waals surface area (Å²) in [4.78, 5) is 16.4. The van der Waals surface area contributed by atoms with Crippen molar-refractivity contribution in [3.8, 4) is 11.6 Å². The van der Waals surface area contributed by atoms with Gasteiger partial charge in [0.05, 0.1) is 12.0 Å². The number of rotatable bonds is 5. The second kappa shape index (κ2) is 6.52. The number of H-pyrrole nitrogens is 1. The number of aryl methyl sites for hydroxylation is 2. The quantitative estimate of drug-likeness (QED) is 0.696. The third kappa shape index (κ3) is 3.21. The zero-order valence-electron chi connectivity index (χ0n) is 12.9. The van der Waals surface area contributed by atoms with Crippen molar-refractivity contribution in [1.29, 1.82) is 0 Å². The summed E-state index contributed by atoms with van der Waals surface area (Å²) in [6.45, 7) is 0. The highest BCUT2D eigenvalue weighted by molar-refractivity contribution is 7.99. The third-order valence-corrected chi connectivity index (χ3v) is 4.78. The van der Waals surface area contributed by atoms with Crippen LogP contribution in [0.1, 0.15) is 17.5 Å². The fourth-order valence-corrected chi connectivity index (χ4v) is 3.41. The smallest absolute Gasteiger partial charge is 0.234 e. The molecule has 1 aliphatic carbocycles. The molecule has 24 heavy (non-hydrogen) atoms. The first kappa shape index (κ1) is 15.0. The van der Waals surface area contributed by atoms with Crippen LogP contribution in [-0.2, 0) is 17.6 Å². The number of hydrogen-bond donors (Lipinski definition) is 2. The van der Waals surface area contributed by atoms with Gasteiger partial charge in [-0.15, -0.1) is 5.10 Å². The van der Waals surface area contributed by atoms with Crippen LogP contribution in [0.3, 0.4) is 0 Å². The maximum atomic E-state index is 12.1. The molecule has 0 aliphatic heterocycles. The summed E-state index contributed by atoms with van der Waals surface area (Å²) in [6.07, 6.45) is 5.02. The van der Waals surface area contributed by atoms with E-state index in [0.29, 0.717) is 16.7 Å². The van der Waals surface area contributed by atoms with E-state index in [1.807, 2.05) is 6.07 Å². The van der Waals surface area contributed by atoms with Gasteiger partial charge in [-0.2, -0.15) is 4.98 Å². The first-order chi connectivity index (χ1) is 11.8. The topological polar surface area (TPSA) is 83.8 Å². The maximum Gasteiger partial charge on any atom is 0.234 e. The monoisotopic (exact) mass is 340 g/mol. The Labute approximate surface area is 143 Å². The Morgan fingerprint density at radius 3 is 3.08 bits per heavy atom. The Bertz CT molecular complexity index is 857. The van der Waals surface area contributed by atoms with E-state index in [2.05, 4.69) is 32.6 Å². The molecule has 0 fully saturated rings. The number of nitrogens with one attached hydrogen (secondary N) is 2. The number of furan rings is 1. The second-order valence-electron chi connectivity index (χ2n) is 5.62. The molecule has 2 N–H and O–H groups in total. The van der Waals surface area contributed by atoms with E-state index < -0.39 is 0 Å². The lowest BCUT2D eigenvalue weighted by molar-refractivity contribution is -0.113. The minimum absolute atomic E-state index is 0.0673. The highest BCUT2D eigenvalue weighted by atomic mass is 32.2. The molecule has 1 amide bonds. The van der Waals surface area contributed by atoms with Gasteiger partial charge in [0.25, 0.3) is 0 Å². The molecule has 4 rings (SSSR count). The van der Waals surface area contributed by atoms with E-state index in [1.54, 1.807) is 18.4 Å². The summed E-state index contributed by atoms with van der Waals surface area (Å²) >= 11 is 1.28. The number of fused-ring (bicyclic) bond motifs is 1. The van der Waals surface area contributed by atoms with E-state index in [1.165, 1.54) is 29.3 Å². The summed E-state index contributed by atoms with van der Waals surface area (Å²) in [5.74, 6) is 1.37. The highest BCUT2D eigenvalue weighted by Crippen LogP contribution is 2.25. The molecule has 6 nitrogen and oxygen atoms in total. The minimum atomic E-state index is -0.0673. The number of nitrogens with zero attached hydrogens (tertiary/aromatic N) is 2. The Morgan fingerprint density at radius 1 is 1.29 bits per heavy atom. The number of hydrogen-bond acceptors (Lipinski definition) is 5. The molecule has 7 heteroatoms. The molecule has 0 saturated carbocycles. The van der Waals surface area contributed by atoms with Gasteiger partial charge in [-0.3, -0.25) is 9.89 Å². The van der Waals surface area contributed by atoms with Crippen molar-refractivity contribution < 1.29 is 9.21 Å². The zero-order valence-corrected chi connectivity index (χ0v) is 13.7. The van der Waals surface area contributed by atoms with Gasteiger partial charge < -0.3 is 9.73 Å². The van der Waals surface area contributed by atoms with Crippen molar-refractivity contribution in [2.24, 2.45) is 0 Å². The first-order valence-electron chi connectivity index (χ1n) is 7.79. The molecule has 2 aromatic heterocycles. The van der Waals surface area contributed by atoms with E-state index >= 15 is 0 Å². The number of aromatic amines is 1. The molecular formula is C17H16N4O2S. The molecule has 0 bridgehead atoms. The van der Waals surface area contributed by atoms with Crippen LogP contribution in [0.15, 0.2) is 46.2 Å². The number of benzene rings is 1. The molecule has 122 valence electrons. The molecule has 2 heterocycles. The van der Waals surface area contributed by atoms with E-state index in [9.17, 15) is 4.79 Å². The van der Waals surface area contributed by atoms with Crippen LogP contribution in [0.4, 0.5) is 5.69 Å². The lowest BCUT2D eigenvalue weighted by Gasteiger charge is -2.06. The minimum Gasteiger partial charge on any atom is -0.461 e. The van der Waals surface area contributed by atoms with Gasteiger partial charge in [-0.1, -0.05) is 17.8 Å². The van der Waals surface area contributed by atoms with Crippen LogP contribution in [-0.4, -0.2) is 26.8 Å². The average Bonchev–Trinajstić information content (AvgIpc) is 3.32. The fourth-order valence-electron chi connectivity index (χ4n) is 2.81. The first-order valence-corrected chi connectivity index (χ1v) is 8.77. The Hall–Kier alpha value is -2.54. The van der Waals surface area contributed by atoms with Crippen molar-refractivity contribution in [3.05, 3.63) is 47.7 Å². The standard InChI is InChI=1S/C17H16N4O2S/c22-15(18-13-7-6-11-3-1-4-12(11)9-13)10-24-17-19-16(20-21-17)14-5-2-8-23-14/h2,5-9H,1,3-4,10H2,(H,18,22)(H,19,20,21). The molecule has 1 aliphatic rings. The number of aromatic nitrogens is 3. The van der Waals surface area contributed by atoms with Crippen LogP contribution < -0.4 is 5.32 Å². The van der Waals surface area contributed by atoms with Crippen LogP contribution in [0.2, 0.25) is 0 Å². The number of anilines is 1. The largest absolute Gasteiger partial charge is 0.461 e. The predicted molar refractivity (Wildman–Crippen MR) is 91.9 cm³/mol. The van der Waals surface area contributed by atoms with E-state index in [4.69, 9.17) is 4.42 Å². The van der Waals surface area contributed by atoms with Crippen LogP contribution in [0, 0.1) is 0 Å². The Kier molecular flexibility index (Phi) is 4.08. The molecule has 0 saturated heterocycles. The molecule has 1 aromatic carbocycles. The zero-order chi connectivity index (χ0) is 16.4. The number of thioether (sulfide) groups is 1. The van der Waals surface area contributed by atoms with Gasteiger partial charge in [-0.05, 0) is 54.7 Å². The number of amides is 1. The average molecular weight is 340 g/mol. The van der Waals surface area contributed by atoms with Crippen molar-refractivity contribution >= 4 is 23.4 Å².